The van der Waals surface area contributed by atoms with Gasteiger partial charge in [-0.15, -0.1) is 13.2 Å². The molecule has 0 atom stereocenters. The number of nitrogens with zero attached hydrogens (tertiary/aromatic N) is 1. The number of nitrogens with one attached hydrogen (secondary N) is 1. The van der Waals surface area contributed by atoms with Gasteiger partial charge in [0.25, 0.3) is 0 Å². The molecule has 200 valence electrons. The summed E-state index contributed by atoms with van der Waals surface area (Å²) in [6.45, 7) is 0. The molecule has 1 fully saturated rings. The van der Waals surface area contributed by atoms with Gasteiger partial charge in [-0.25, -0.2) is 0 Å². The number of carboxylic acids is 1. The summed E-state index contributed by atoms with van der Waals surface area (Å²) in [6.07, 6.45) is 1.54. The number of hydrogen-bond donors (Lipinski definition) is 2. The molecule has 1 aliphatic rings. The third-order valence-electron chi connectivity index (χ3n) is 6.83. The zero-order valence-corrected chi connectivity index (χ0v) is 20.7. The van der Waals surface area contributed by atoms with E-state index in [2.05, 4.69) is 27.2 Å². The van der Waals surface area contributed by atoms with Crippen molar-refractivity contribution in [2.75, 3.05) is 5.32 Å². The fraction of sp³-hybridized carbons (Fsp3) is 0.345. The lowest BCUT2D eigenvalue weighted by Gasteiger charge is -2.28. The number of aromatic nitrogens is 1. The third kappa shape index (κ3) is 8.06. The number of rotatable bonds is 9. The van der Waals surface area contributed by atoms with E-state index in [9.17, 15) is 22.8 Å². The smallest absolute Gasteiger partial charge is 0.481 e. The Balaban J connectivity index is 1.25. The summed E-state index contributed by atoms with van der Waals surface area (Å²) in [7, 11) is 0. The van der Waals surface area contributed by atoms with Crippen molar-refractivity contribution in [2.24, 2.45) is 5.92 Å². The Labute approximate surface area is 218 Å². The van der Waals surface area contributed by atoms with Gasteiger partial charge in [0.1, 0.15) is 5.75 Å². The SMILES string of the molecule is O=C(O)CC1CCC(c2ccc(-c3ccc(NC(=O)CCc4ccc(OC(F)(F)F)cc4)cn3)cc2)CC1. The molecule has 1 aliphatic carbocycles. The monoisotopic (exact) mass is 526 g/mol. The Kier molecular flexibility index (Phi) is 8.66. The Morgan fingerprint density at radius 1 is 0.947 bits per heavy atom. The Morgan fingerprint density at radius 2 is 1.63 bits per heavy atom. The van der Waals surface area contributed by atoms with Crippen LogP contribution >= 0.6 is 0 Å². The fourth-order valence-electron chi connectivity index (χ4n) is 4.85. The number of ether oxygens (including phenoxy) is 1. The van der Waals surface area contributed by atoms with Gasteiger partial charge in [-0.1, -0.05) is 36.4 Å². The first kappa shape index (κ1) is 27.2. The van der Waals surface area contributed by atoms with Crippen molar-refractivity contribution >= 4 is 17.6 Å². The number of halogens is 3. The van der Waals surface area contributed by atoms with Crippen LogP contribution < -0.4 is 10.1 Å². The molecule has 1 aromatic heterocycles. The van der Waals surface area contributed by atoms with Gasteiger partial charge < -0.3 is 15.2 Å². The van der Waals surface area contributed by atoms with Crippen LogP contribution in [0, 0.1) is 5.92 Å². The maximum Gasteiger partial charge on any atom is 0.573 e. The van der Waals surface area contributed by atoms with E-state index in [1.54, 1.807) is 12.3 Å². The maximum atomic E-state index is 12.3. The number of carbonyl (C=O) groups is 2. The Morgan fingerprint density at radius 3 is 2.21 bits per heavy atom. The first-order valence-electron chi connectivity index (χ1n) is 12.6. The molecule has 0 bridgehead atoms. The van der Waals surface area contributed by atoms with Crippen molar-refractivity contribution < 1.29 is 32.6 Å². The number of benzene rings is 2. The largest absolute Gasteiger partial charge is 0.573 e. The predicted molar refractivity (Wildman–Crippen MR) is 137 cm³/mol. The molecule has 0 spiro atoms. The molecule has 0 radical (unpaired) electrons. The van der Waals surface area contributed by atoms with E-state index < -0.39 is 12.3 Å². The van der Waals surface area contributed by atoms with Crippen molar-refractivity contribution in [2.45, 2.75) is 57.2 Å². The molecule has 1 saturated carbocycles. The van der Waals surface area contributed by atoms with Crippen molar-refractivity contribution in [1.29, 1.82) is 0 Å². The van der Waals surface area contributed by atoms with Crippen molar-refractivity contribution in [3.63, 3.8) is 0 Å². The Bertz CT molecular complexity index is 1220. The molecule has 1 heterocycles. The second-order valence-corrected chi connectivity index (χ2v) is 9.61. The van der Waals surface area contributed by atoms with Crippen LogP contribution in [0.4, 0.5) is 18.9 Å². The van der Waals surface area contributed by atoms with E-state index in [1.807, 2.05) is 18.2 Å². The van der Waals surface area contributed by atoms with Crippen LogP contribution in [0.3, 0.4) is 0 Å². The average Bonchev–Trinajstić information content (AvgIpc) is 2.88. The standard InChI is InChI=1S/C29H29F3N2O4/c30-29(31,32)38-25-13-3-19(4-14-25)5-16-27(35)34-24-12-15-26(33-18-24)23-10-8-22(9-11-23)21-6-1-20(2-7-21)17-28(36)37/h3-4,8-15,18,20-21H,1-2,5-7,16-17H2,(H,34,35)(H,36,37). The van der Waals surface area contributed by atoms with E-state index in [-0.39, 0.29) is 30.4 Å². The van der Waals surface area contributed by atoms with Gasteiger partial charge >= 0.3 is 12.3 Å². The fourth-order valence-corrected chi connectivity index (χ4v) is 4.85. The highest BCUT2D eigenvalue weighted by atomic mass is 19.4. The van der Waals surface area contributed by atoms with Gasteiger partial charge in [-0.05, 0) is 79.3 Å². The quantitative estimate of drug-likeness (QED) is 0.314. The van der Waals surface area contributed by atoms with Crippen molar-refractivity contribution in [3.05, 3.63) is 78.0 Å². The number of anilines is 1. The zero-order chi connectivity index (χ0) is 27.1. The minimum Gasteiger partial charge on any atom is -0.481 e. The summed E-state index contributed by atoms with van der Waals surface area (Å²) in [6, 6.07) is 17.3. The van der Waals surface area contributed by atoms with Crippen LogP contribution in [0.25, 0.3) is 11.3 Å². The van der Waals surface area contributed by atoms with Gasteiger partial charge in [-0.2, -0.15) is 0 Å². The third-order valence-corrected chi connectivity index (χ3v) is 6.83. The number of carboxylic acid groups (broad SMARTS) is 1. The van der Waals surface area contributed by atoms with Crippen molar-refractivity contribution in [1.82, 2.24) is 4.98 Å². The topological polar surface area (TPSA) is 88.5 Å². The molecular formula is C29H29F3N2O4. The number of pyridine rings is 1. The van der Waals surface area contributed by atoms with Crippen LogP contribution in [0.1, 0.15) is 55.6 Å². The lowest BCUT2D eigenvalue weighted by Crippen LogP contribution is -2.17. The van der Waals surface area contributed by atoms with Gasteiger partial charge in [0.2, 0.25) is 5.91 Å². The van der Waals surface area contributed by atoms with Gasteiger partial charge in [0.15, 0.2) is 0 Å². The summed E-state index contributed by atoms with van der Waals surface area (Å²) in [5, 5.41) is 11.8. The molecule has 2 aromatic carbocycles. The molecule has 0 unspecified atom stereocenters. The molecule has 0 saturated heterocycles. The van der Waals surface area contributed by atoms with E-state index in [1.165, 1.54) is 29.8 Å². The molecule has 0 aliphatic heterocycles. The predicted octanol–water partition coefficient (Wildman–Crippen LogP) is 6.97. The number of aliphatic carboxylic acids is 1. The van der Waals surface area contributed by atoms with Crippen LogP contribution in [-0.4, -0.2) is 28.3 Å². The lowest BCUT2D eigenvalue weighted by atomic mass is 9.77. The number of carbonyl (C=O) groups excluding carboxylic acids is 1. The van der Waals surface area contributed by atoms with Crippen LogP contribution in [0.5, 0.6) is 5.75 Å². The summed E-state index contributed by atoms with van der Waals surface area (Å²) >= 11 is 0. The molecule has 1 amide bonds. The van der Waals surface area contributed by atoms with Crippen LogP contribution in [0.15, 0.2) is 66.9 Å². The minimum absolute atomic E-state index is 0.168. The molecule has 9 heteroatoms. The summed E-state index contributed by atoms with van der Waals surface area (Å²) < 4.78 is 40.6. The second kappa shape index (κ2) is 12.1. The first-order valence-corrected chi connectivity index (χ1v) is 12.6. The molecule has 4 rings (SSSR count). The maximum absolute atomic E-state index is 12.3. The average molecular weight is 527 g/mol. The number of amides is 1. The highest BCUT2D eigenvalue weighted by molar-refractivity contribution is 5.90. The van der Waals surface area contributed by atoms with E-state index in [0.717, 1.165) is 42.5 Å². The number of hydrogen-bond acceptors (Lipinski definition) is 4. The summed E-state index contributed by atoms with van der Waals surface area (Å²) in [4.78, 5) is 27.7. The van der Waals surface area contributed by atoms with Crippen LogP contribution in [0.2, 0.25) is 0 Å². The lowest BCUT2D eigenvalue weighted by molar-refractivity contribution is -0.274. The molecule has 2 N–H and O–H groups in total. The minimum atomic E-state index is -4.74. The highest BCUT2D eigenvalue weighted by Crippen LogP contribution is 2.37. The van der Waals surface area contributed by atoms with Crippen LogP contribution in [-0.2, 0) is 16.0 Å². The van der Waals surface area contributed by atoms with Crippen molar-refractivity contribution in [3.8, 4) is 17.0 Å². The normalized spacial score (nSPS) is 17.6. The van der Waals surface area contributed by atoms with Gasteiger partial charge in [0, 0.05) is 18.4 Å². The summed E-state index contributed by atoms with van der Waals surface area (Å²) in [5.41, 5.74) is 4.28. The van der Waals surface area contributed by atoms with Gasteiger partial charge in [0.05, 0.1) is 17.6 Å². The molecule has 38 heavy (non-hydrogen) atoms. The van der Waals surface area contributed by atoms with E-state index in [4.69, 9.17) is 5.11 Å². The van der Waals surface area contributed by atoms with E-state index in [0.29, 0.717) is 18.0 Å². The summed E-state index contributed by atoms with van der Waals surface area (Å²) in [5.74, 6) is -0.516. The zero-order valence-electron chi connectivity index (χ0n) is 20.7. The first-order chi connectivity index (χ1) is 18.1. The Hall–Kier alpha value is -3.88. The molecule has 6 nitrogen and oxygen atoms in total. The van der Waals surface area contributed by atoms with Gasteiger partial charge in [-0.3, -0.25) is 14.6 Å². The second-order valence-electron chi connectivity index (χ2n) is 9.61. The number of alkyl halides is 3. The molecule has 3 aromatic rings. The highest BCUT2D eigenvalue weighted by Gasteiger charge is 2.31. The van der Waals surface area contributed by atoms with E-state index >= 15 is 0 Å². The molecular weight excluding hydrogens is 497 g/mol. The number of aryl methyl sites for hydroxylation is 1.